The highest BCUT2D eigenvalue weighted by atomic mass is 35.5. The number of hydrogen-bond donors (Lipinski definition) is 0. The maximum atomic E-state index is 11.4. The molecule has 0 aliphatic carbocycles. The van der Waals surface area contributed by atoms with Crippen molar-refractivity contribution in [2.75, 3.05) is 26.8 Å². The largest absolute Gasteiger partial charge is 0.471 e. The van der Waals surface area contributed by atoms with E-state index >= 15 is 0 Å². The fraction of sp³-hybridized carbons (Fsp3) is 0.455. The van der Waals surface area contributed by atoms with Gasteiger partial charge in [-0.25, -0.2) is 4.98 Å². The predicted molar refractivity (Wildman–Crippen MR) is 62.1 cm³/mol. The van der Waals surface area contributed by atoms with Crippen LogP contribution in [0.4, 0.5) is 0 Å². The van der Waals surface area contributed by atoms with E-state index in [0.29, 0.717) is 24.0 Å². The third kappa shape index (κ3) is 3.08. The molecule has 1 saturated heterocycles. The molecule has 0 aromatic carbocycles. The topological polar surface area (TPSA) is 51.7 Å². The number of rotatable bonds is 4. The van der Waals surface area contributed by atoms with E-state index in [2.05, 4.69) is 4.98 Å². The van der Waals surface area contributed by atoms with Gasteiger partial charge in [0.05, 0.1) is 18.1 Å². The number of nitrogens with zero attached hydrogens (tertiary/aromatic N) is 2. The van der Waals surface area contributed by atoms with E-state index < -0.39 is 0 Å². The average Bonchev–Trinajstić information content (AvgIpc) is 2.25. The molecule has 1 amide bonds. The van der Waals surface area contributed by atoms with Gasteiger partial charge in [0, 0.05) is 19.4 Å². The second-order valence-electron chi connectivity index (χ2n) is 3.79. The van der Waals surface area contributed by atoms with E-state index in [1.54, 1.807) is 17.0 Å². The molecule has 6 heteroatoms. The Morgan fingerprint density at radius 3 is 2.94 bits per heavy atom. The number of pyridine rings is 1. The first-order valence-electron chi connectivity index (χ1n) is 5.24. The molecule has 1 aliphatic heterocycles. The molecule has 92 valence electrons. The Balaban J connectivity index is 1.77. The lowest BCUT2D eigenvalue weighted by Gasteiger charge is -2.38. The number of aromatic nitrogens is 1. The summed E-state index contributed by atoms with van der Waals surface area (Å²) < 4.78 is 10.3. The summed E-state index contributed by atoms with van der Waals surface area (Å²) in [6.07, 6.45) is 1.54. The molecule has 0 N–H and O–H groups in total. The Labute approximate surface area is 104 Å². The summed E-state index contributed by atoms with van der Waals surface area (Å²) in [7, 11) is 1.50. The van der Waals surface area contributed by atoms with Gasteiger partial charge in [-0.15, -0.1) is 0 Å². The fourth-order valence-corrected chi connectivity index (χ4v) is 1.65. The highest BCUT2D eigenvalue weighted by molar-refractivity contribution is 6.30. The number of likely N-dealkylation sites (tertiary alicyclic amines) is 1. The number of methoxy groups -OCH3 is 1. The second kappa shape index (κ2) is 5.33. The van der Waals surface area contributed by atoms with Crippen LogP contribution in [0.1, 0.15) is 0 Å². The molecule has 0 saturated carbocycles. The zero-order valence-electron chi connectivity index (χ0n) is 9.43. The summed E-state index contributed by atoms with van der Waals surface area (Å²) in [5.41, 5.74) is 0. The maximum absolute atomic E-state index is 11.4. The van der Waals surface area contributed by atoms with Crippen LogP contribution >= 0.6 is 11.6 Å². The number of halogens is 1. The lowest BCUT2D eigenvalue weighted by Crippen LogP contribution is -2.57. The van der Waals surface area contributed by atoms with Gasteiger partial charge >= 0.3 is 0 Å². The van der Waals surface area contributed by atoms with Crippen LogP contribution in [0.5, 0.6) is 5.88 Å². The van der Waals surface area contributed by atoms with Gasteiger partial charge in [0.2, 0.25) is 11.8 Å². The molecule has 2 heterocycles. The molecule has 0 unspecified atom stereocenters. The Morgan fingerprint density at radius 1 is 1.59 bits per heavy atom. The smallest absolute Gasteiger partial charge is 0.248 e. The lowest BCUT2D eigenvalue weighted by molar-refractivity contribution is -0.144. The zero-order chi connectivity index (χ0) is 12.3. The summed E-state index contributed by atoms with van der Waals surface area (Å²) in [6, 6.07) is 3.43. The lowest BCUT2D eigenvalue weighted by atomic mass is 10.1. The van der Waals surface area contributed by atoms with E-state index in [4.69, 9.17) is 21.1 Å². The molecular weight excluding hydrogens is 244 g/mol. The molecule has 0 spiro atoms. The summed E-state index contributed by atoms with van der Waals surface area (Å²) in [5.74, 6) is 0.509. The van der Waals surface area contributed by atoms with Crippen molar-refractivity contribution in [1.82, 2.24) is 9.88 Å². The summed E-state index contributed by atoms with van der Waals surface area (Å²) >= 11 is 5.71. The minimum absolute atomic E-state index is 0.00415. The van der Waals surface area contributed by atoms with Crippen molar-refractivity contribution in [3.05, 3.63) is 23.4 Å². The highest BCUT2D eigenvalue weighted by Crippen LogP contribution is 2.17. The minimum Gasteiger partial charge on any atom is -0.471 e. The van der Waals surface area contributed by atoms with Crippen molar-refractivity contribution in [2.45, 2.75) is 6.10 Å². The Morgan fingerprint density at radius 2 is 2.35 bits per heavy atom. The van der Waals surface area contributed by atoms with Gasteiger partial charge in [-0.1, -0.05) is 11.6 Å². The van der Waals surface area contributed by atoms with Crippen LogP contribution in [0.2, 0.25) is 5.02 Å². The van der Waals surface area contributed by atoms with Gasteiger partial charge in [0.25, 0.3) is 0 Å². The van der Waals surface area contributed by atoms with Crippen LogP contribution in [0, 0.1) is 0 Å². The Hall–Kier alpha value is -1.33. The van der Waals surface area contributed by atoms with Crippen LogP contribution in [0.3, 0.4) is 0 Å². The van der Waals surface area contributed by atoms with Gasteiger partial charge in [0.1, 0.15) is 12.7 Å². The maximum Gasteiger partial charge on any atom is 0.248 e. The van der Waals surface area contributed by atoms with Crippen LogP contribution in [0.15, 0.2) is 18.3 Å². The minimum atomic E-state index is -0.0172. The fourth-order valence-electron chi connectivity index (χ4n) is 1.53. The number of ether oxygens (including phenoxy) is 2. The van der Waals surface area contributed by atoms with E-state index in [0.717, 1.165) is 0 Å². The van der Waals surface area contributed by atoms with Gasteiger partial charge in [0.15, 0.2) is 0 Å². The molecule has 0 bridgehead atoms. The summed E-state index contributed by atoms with van der Waals surface area (Å²) in [5, 5.41) is 0.572. The average molecular weight is 257 g/mol. The SMILES string of the molecule is COCC(=O)N1CC(Oc2ccc(Cl)cn2)C1. The van der Waals surface area contributed by atoms with Crippen LogP contribution in [-0.4, -0.2) is 48.7 Å². The zero-order valence-corrected chi connectivity index (χ0v) is 10.2. The van der Waals surface area contributed by atoms with Crippen LogP contribution < -0.4 is 4.74 Å². The second-order valence-corrected chi connectivity index (χ2v) is 4.22. The van der Waals surface area contributed by atoms with Crippen LogP contribution in [0.25, 0.3) is 0 Å². The molecule has 2 rings (SSSR count). The van der Waals surface area contributed by atoms with E-state index in [-0.39, 0.29) is 18.6 Å². The van der Waals surface area contributed by atoms with Crippen molar-refractivity contribution in [3.63, 3.8) is 0 Å². The number of amides is 1. The summed E-state index contributed by atoms with van der Waals surface area (Å²) in [6.45, 7) is 1.27. The normalized spacial score (nSPS) is 15.5. The van der Waals surface area contributed by atoms with Gasteiger partial charge in [-0.05, 0) is 6.07 Å². The molecule has 1 aromatic rings. The molecule has 5 nitrogen and oxygen atoms in total. The Kier molecular flexibility index (Phi) is 3.81. The third-order valence-electron chi connectivity index (χ3n) is 2.46. The Bertz CT molecular complexity index is 390. The molecule has 0 radical (unpaired) electrons. The standard InChI is InChI=1S/C11H13ClN2O3/c1-16-7-11(15)14-5-9(6-14)17-10-3-2-8(12)4-13-10/h2-4,9H,5-7H2,1H3. The van der Waals surface area contributed by atoms with Gasteiger partial charge in [-0.2, -0.15) is 0 Å². The quantitative estimate of drug-likeness (QED) is 0.806. The van der Waals surface area contributed by atoms with Crippen LogP contribution in [-0.2, 0) is 9.53 Å². The predicted octanol–water partition coefficient (Wildman–Crippen LogP) is 0.971. The van der Waals surface area contributed by atoms with E-state index in [1.165, 1.54) is 13.3 Å². The molecule has 17 heavy (non-hydrogen) atoms. The first-order chi connectivity index (χ1) is 8.19. The molecule has 1 aromatic heterocycles. The van der Waals surface area contributed by atoms with E-state index in [1.807, 2.05) is 0 Å². The van der Waals surface area contributed by atoms with Gasteiger partial charge < -0.3 is 14.4 Å². The number of carbonyl (C=O) groups excluding carboxylic acids is 1. The monoisotopic (exact) mass is 256 g/mol. The molecule has 0 atom stereocenters. The molecule has 1 aliphatic rings. The first-order valence-corrected chi connectivity index (χ1v) is 5.62. The van der Waals surface area contributed by atoms with Crippen molar-refractivity contribution < 1.29 is 14.3 Å². The molecular formula is C11H13ClN2O3. The van der Waals surface area contributed by atoms with Crippen molar-refractivity contribution in [1.29, 1.82) is 0 Å². The van der Waals surface area contributed by atoms with Crippen molar-refractivity contribution in [2.24, 2.45) is 0 Å². The number of hydrogen-bond acceptors (Lipinski definition) is 4. The first kappa shape index (κ1) is 12.1. The van der Waals surface area contributed by atoms with E-state index in [9.17, 15) is 4.79 Å². The van der Waals surface area contributed by atoms with Crippen molar-refractivity contribution in [3.8, 4) is 5.88 Å². The number of carbonyl (C=O) groups is 1. The van der Waals surface area contributed by atoms with Gasteiger partial charge in [-0.3, -0.25) is 4.79 Å². The molecule has 1 fully saturated rings. The third-order valence-corrected chi connectivity index (χ3v) is 2.68. The highest BCUT2D eigenvalue weighted by Gasteiger charge is 2.32. The van der Waals surface area contributed by atoms with Crippen molar-refractivity contribution >= 4 is 17.5 Å². The summed E-state index contributed by atoms with van der Waals surface area (Å²) in [4.78, 5) is 17.1.